The van der Waals surface area contributed by atoms with Crippen molar-refractivity contribution in [1.82, 2.24) is 15.3 Å². The normalized spacial score (nSPS) is 14.0. The lowest BCUT2D eigenvalue weighted by molar-refractivity contribution is 0.385. The number of nitrogens with one attached hydrogen (secondary N) is 2. The van der Waals surface area contributed by atoms with Crippen LogP contribution in [0.25, 0.3) is 16.7 Å². The van der Waals surface area contributed by atoms with Crippen LogP contribution in [0, 0.1) is 13.8 Å². The number of hydrogen-bond acceptors (Lipinski definition) is 6. The zero-order valence-corrected chi connectivity index (χ0v) is 16.6. The molecule has 9 heteroatoms. The molecule has 0 spiro atoms. The molecule has 0 fully saturated rings. The molecule has 2 heterocycles. The first-order chi connectivity index (χ1) is 13.4. The smallest absolute Gasteiger partial charge is 0.361 e. The minimum Gasteiger partial charge on any atom is -0.361 e. The lowest BCUT2D eigenvalue weighted by atomic mass is 10.0. The van der Waals surface area contributed by atoms with E-state index in [0.29, 0.717) is 27.3 Å². The van der Waals surface area contributed by atoms with Crippen molar-refractivity contribution in [2.75, 3.05) is 5.32 Å². The average Bonchev–Trinajstić information content (AvgIpc) is 3.23. The van der Waals surface area contributed by atoms with Crippen molar-refractivity contribution in [3.8, 4) is 11.1 Å². The Hall–Kier alpha value is -2.77. The molecule has 0 atom stereocenters. The number of aryl methyl sites for hydroxylation is 2. The van der Waals surface area contributed by atoms with E-state index in [2.05, 4.69) is 25.1 Å². The summed E-state index contributed by atoms with van der Waals surface area (Å²) in [5.74, 6) is 0.435. The van der Waals surface area contributed by atoms with Crippen LogP contribution >= 0.6 is 23.2 Å². The number of H-pyrrole nitrogens is 1. The second kappa shape index (κ2) is 7.33. The molecule has 0 saturated carbocycles. The number of aromatic nitrogens is 3. The van der Waals surface area contributed by atoms with Gasteiger partial charge in [0, 0.05) is 16.8 Å². The topological polar surface area (TPSA) is 96.9 Å². The monoisotopic (exact) mass is 418 g/mol. The van der Waals surface area contributed by atoms with Crippen LogP contribution in [0.1, 0.15) is 30.1 Å². The van der Waals surface area contributed by atoms with Crippen LogP contribution in [0.3, 0.4) is 0 Å². The van der Waals surface area contributed by atoms with Crippen LogP contribution in [0.4, 0.5) is 5.69 Å². The van der Waals surface area contributed by atoms with Crippen molar-refractivity contribution in [1.29, 1.82) is 0 Å². The SMILES string of the molecule is Cc1noc(C)c1-c1cc(Cl)c(NC2=CCCC=C2c2noc(=O)[nH]2)c(Cl)c1. The summed E-state index contributed by atoms with van der Waals surface area (Å²) in [5.41, 5.74) is 4.48. The maximum Gasteiger partial charge on any atom is 0.439 e. The van der Waals surface area contributed by atoms with Crippen molar-refractivity contribution >= 4 is 34.5 Å². The van der Waals surface area contributed by atoms with Gasteiger partial charge in [0.25, 0.3) is 0 Å². The zero-order chi connectivity index (χ0) is 19.8. The number of allylic oxidation sites excluding steroid dienone is 3. The molecule has 1 aliphatic carbocycles. The van der Waals surface area contributed by atoms with Gasteiger partial charge < -0.3 is 9.84 Å². The predicted molar refractivity (Wildman–Crippen MR) is 107 cm³/mol. The first kappa shape index (κ1) is 18.6. The summed E-state index contributed by atoms with van der Waals surface area (Å²) in [7, 11) is 0. The van der Waals surface area contributed by atoms with Crippen molar-refractivity contribution in [3.63, 3.8) is 0 Å². The highest BCUT2D eigenvalue weighted by molar-refractivity contribution is 6.39. The Morgan fingerprint density at radius 1 is 1.07 bits per heavy atom. The highest BCUT2D eigenvalue weighted by atomic mass is 35.5. The van der Waals surface area contributed by atoms with Crippen molar-refractivity contribution in [2.24, 2.45) is 0 Å². The fourth-order valence-corrected chi connectivity index (χ4v) is 3.81. The van der Waals surface area contributed by atoms with Gasteiger partial charge in [0.2, 0.25) is 0 Å². The average molecular weight is 419 g/mol. The molecule has 2 aromatic heterocycles. The van der Waals surface area contributed by atoms with E-state index in [0.717, 1.165) is 40.9 Å². The molecule has 0 amide bonds. The number of benzene rings is 1. The Kier molecular flexibility index (Phi) is 4.87. The molecule has 4 rings (SSSR count). The van der Waals surface area contributed by atoms with Gasteiger partial charge in [0.1, 0.15) is 5.76 Å². The lowest BCUT2D eigenvalue weighted by Gasteiger charge is -2.18. The van der Waals surface area contributed by atoms with E-state index in [1.54, 1.807) is 0 Å². The van der Waals surface area contributed by atoms with E-state index in [9.17, 15) is 4.79 Å². The molecule has 0 bridgehead atoms. The van der Waals surface area contributed by atoms with Crippen molar-refractivity contribution in [3.05, 3.63) is 67.9 Å². The quantitative estimate of drug-likeness (QED) is 0.610. The molecule has 0 aliphatic heterocycles. The highest BCUT2D eigenvalue weighted by Gasteiger charge is 2.20. The van der Waals surface area contributed by atoms with E-state index >= 15 is 0 Å². The fraction of sp³-hybridized carbons (Fsp3) is 0.211. The summed E-state index contributed by atoms with van der Waals surface area (Å²) in [4.78, 5) is 13.9. The maximum atomic E-state index is 11.3. The Balaban J connectivity index is 1.69. The first-order valence-electron chi connectivity index (χ1n) is 8.60. The summed E-state index contributed by atoms with van der Waals surface area (Å²) in [6.45, 7) is 3.70. The van der Waals surface area contributed by atoms with Gasteiger partial charge in [-0.25, -0.2) is 4.79 Å². The van der Waals surface area contributed by atoms with E-state index in [-0.39, 0.29) is 0 Å². The van der Waals surface area contributed by atoms with Gasteiger partial charge in [-0.1, -0.05) is 45.7 Å². The van der Waals surface area contributed by atoms with Crippen LogP contribution in [0.15, 0.2) is 43.8 Å². The van der Waals surface area contributed by atoms with Crippen LogP contribution in [-0.2, 0) is 0 Å². The summed E-state index contributed by atoms with van der Waals surface area (Å²) in [6, 6.07) is 3.63. The first-order valence-corrected chi connectivity index (χ1v) is 9.36. The largest absolute Gasteiger partial charge is 0.439 e. The van der Waals surface area contributed by atoms with Crippen LogP contribution in [0.5, 0.6) is 0 Å². The third-order valence-corrected chi connectivity index (χ3v) is 5.07. The molecule has 1 aromatic carbocycles. The molecule has 2 N–H and O–H groups in total. The van der Waals surface area contributed by atoms with Crippen LogP contribution in [0.2, 0.25) is 10.0 Å². The summed E-state index contributed by atoms with van der Waals surface area (Å²) < 4.78 is 9.85. The third-order valence-electron chi connectivity index (χ3n) is 4.47. The van der Waals surface area contributed by atoms with E-state index < -0.39 is 5.76 Å². The fourth-order valence-electron chi connectivity index (χ4n) is 3.23. The minimum atomic E-state index is -0.610. The number of nitrogens with zero attached hydrogens (tertiary/aromatic N) is 2. The van der Waals surface area contributed by atoms with Crippen molar-refractivity contribution < 1.29 is 9.05 Å². The number of halogens is 2. The molecular weight excluding hydrogens is 403 g/mol. The molecule has 28 heavy (non-hydrogen) atoms. The summed E-state index contributed by atoms with van der Waals surface area (Å²) in [6.07, 6.45) is 5.62. The highest BCUT2D eigenvalue weighted by Crippen LogP contribution is 2.39. The van der Waals surface area contributed by atoms with Gasteiger partial charge in [-0.15, -0.1) is 0 Å². The molecule has 0 saturated heterocycles. The second-order valence-electron chi connectivity index (χ2n) is 6.40. The number of anilines is 1. The Bertz CT molecular complexity index is 1130. The summed E-state index contributed by atoms with van der Waals surface area (Å²) >= 11 is 13.1. The van der Waals surface area contributed by atoms with Gasteiger partial charge >= 0.3 is 5.76 Å². The van der Waals surface area contributed by atoms with E-state index in [4.69, 9.17) is 27.7 Å². The van der Waals surface area contributed by atoms with Crippen molar-refractivity contribution in [2.45, 2.75) is 26.7 Å². The number of hydrogen-bond donors (Lipinski definition) is 2. The van der Waals surface area contributed by atoms with Gasteiger partial charge in [-0.2, -0.15) is 0 Å². The molecule has 3 aromatic rings. The third kappa shape index (κ3) is 3.39. The molecule has 7 nitrogen and oxygen atoms in total. The van der Waals surface area contributed by atoms with Gasteiger partial charge in [-0.3, -0.25) is 9.51 Å². The Morgan fingerprint density at radius 3 is 2.39 bits per heavy atom. The molecule has 0 radical (unpaired) electrons. The maximum absolute atomic E-state index is 11.3. The second-order valence-corrected chi connectivity index (χ2v) is 7.21. The predicted octanol–water partition coefficient (Wildman–Crippen LogP) is 5.11. The zero-order valence-electron chi connectivity index (χ0n) is 15.1. The van der Waals surface area contributed by atoms with Gasteiger partial charge in [0.05, 0.1) is 21.4 Å². The van der Waals surface area contributed by atoms with E-state index in [1.807, 2.05) is 38.1 Å². The molecule has 144 valence electrons. The molecule has 1 aliphatic rings. The van der Waals surface area contributed by atoms with Gasteiger partial charge in [-0.05, 0) is 44.4 Å². The standard InChI is InChI=1S/C19H16Cl2N4O3/c1-9-16(10(2)27-24-9)11-7-13(20)17(14(21)8-11)22-15-6-4-3-5-12(15)18-23-19(26)28-25-18/h5-8,22H,3-4H2,1-2H3,(H,23,25,26). The lowest BCUT2D eigenvalue weighted by Crippen LogP contribution is -2.08. The number of rotatable bonds is 4. The Labute approximate surface area is 170 Å². The van der Waals surface area contributed by atoms with Crippen LogP contribution in [-0.4, -0.2) is 15.3 Å². The summed E-state index contributed by atoms with van der Waals surface area (Å²) in [5, 5.41) is 11.9. The minimum absolute atomic E-state index is 0.350. The Morgan fingerprint density at radius 2 is 1.79 bits per heavy atom. The molecule has 0 unspecified atom stereocenters. The van der Waals surface area contributed by atoms with Gasteiger partial charge in [0.15, 0.2) is 5.82 Å². The van der Waals surface area contributed by atoms with E-state index in [1.165, 1.54) is 0 Å². The number of aromatic amines is 1. The van der Waals surface area contributed by atoms with Crippen LogP contribution < -0.4 is 11.1 Å². The molecular formula is C19H16Cl2N4O3.